The van der Waals surface area contributed by atoms with Crippen LogP contribution in [0.1, 0.15) is 12.5 Å². The van der Waals surface area contributed by atoms with Crippen molar-refractivity contribution < 1.29 is 14.5 Å². The van der Waals surface area contributed by atoms with Crippen molar-refractivity contribution in [3.63, 3.8) is 0 Å². The molecule has 2 aromatic carbocycles. The van der Waals surface area contributed by atoms with Gasteiger partial charge in [-0.3, -0.25) is 14.9 Å². The number of benzene rings is 2. The minimum absolute atomic E-state index is 0.0602. The van der Waals surface area contributed by atoms with Gasteiger partial charge in [-0.05, 0) is 41.3 Å². The van der Waals surface area contributed by atoms with Gasteiger partial charge in [0.1, 0.15) is 5.75 Å². The number of hydrogen-bond donors (Lipinski definition) is 0. The predicted molar refractivity (Wildman–Crippen MR) is 85.7 cm³/mol. The van der Waals surface area contributed by atoms with E-state index in [1.165, 1.54) is 30.8 Å². The van der Waals surface area contributed by atoms with E-state index in [-0.39, 0.29) is 11.7 Å². The number of esters is 1. The number of rotatable bonds is 5. The van der Waals surface area contributed by atoms with E-state index in [0.717, 1.165) is 10.5 Å². The highest BCUT2D eigenvalue weighted by atomic mass is 32.2. The summed E-state index contributed by atoms with van der Waals surface area (Å²) in [6.07, 6.45) is 1.83. The first-order chi connectivity index (χ1) is 10.6. The fourth-order valence-corrected chi connectivity index (χ4v) is 2.43. The molecule has 0 bridgehead atoms. The van der Waals surface area contributed by atoms with Gasteiger partial charge in [0.15, 0.2) is 0 Å². The Morgan fingerprint density at radius 3 is 2.50 bits per heavy atom. The SMILES string of the molecule is CC(=O)Oc1ccccc1S/C=C\c1ccc([N+](=O)[O-])cc1. The van der Waals surface area contributed by atoms with E-state index in [0.29, 0.717) is 5.75 Å². The van der Waals surface area contributed by atoms with E-state index < -0.39 is 4.92 Å². The zero-order valence-corrected chi connectivity index (χ0v) is 12.6. The molecule has 0 amide bonds. The van der Waals surface area contributed by atoms with E-state index in [2.05, 4.69) is 0 Å². The second kappa shape index (κ2) is 7.42. The van der Waals surface area contributed by atoms with Crippen LogP contribution >= 0.6 is 11.8 Å². The highest BCUT2D eigenvalue weighted by molar-refractivity contribution is 8.02. The third kappa shape index (κ3) is 4.46. The molecule has 0 saturated carbocycles. The van der Waals surface area contributed by atoms with E-state index in [4.69, 9.17) is 4.74 Å². The molecule has 0 heterocycles. The number of thioether (sulfide) groups is 1. The maximum absolute atomic E-state index is 11.0. The fourth-order valence-electron chi connectivity index (χ4n) is 1.68. The Hall–Kier alpha value is -2.60. The maximum atomic E-state index is 11.0. The fraction of sp³-hybridized carbons (Fsp3) is 0.0625. The molecular weight excluding hydrogens is 302 g/mol. The molecule has 0 spiro atoms. The van der Waals surface area contributed by atoms with Crippen molar-refractivity contribution in [1.29, 1.82) is 0 Å². The number of ether oxygens (including phenoxy) is 1. The van der Waals surface area contributed by atoms with Crippen molar-refractivity contribution in [3.8, 4) is 5.75 Å². The topological polar surface area (TPSA) is 69.4 Å². The molecule has 0 fully saturated rings. The average molecular weight is 315 g/mol. The third-order valence-corrected chi connectivity index (χ3v) is 3.53. The molecule has 5 nitrogen and oxygen atoms in total. The summed E-state index contributed by atoms with van der Waals surface area (Å²) in [4.78, 5) is 22.0. The minimum atomic E-state index is -0.433. The van der Waals surface area contributed by atoms with Crippen LogP contribution in [0.15, 0.2) is 58.8 Å². The number of nitrogens with zero attached hydrogens (tertiary/aromatic N) is 1. The van der Waals surface area contributed by atoms with E-state index in [9.17, 15) is 14.9 Å². The van der Waals surface area contributed by atoms with E-state index >= 15 is 0 Å². The van der Waals surface area contributed by atoms with Gasteiger partial charge in [-0.1, -0.05) is 23.9 Å². The first-order valence-electron chi connectivity index (χ1n) is 6.41. The summed E-state index contributed by atoms with van der Waals surface area (Å²) < 4.78 is 5.12. The summed E-state index contributed by atoms with van der Waals surface area (Å²) in [5.41, 5.74) is 0.910. The second-order valence-electron chi connectivity index (χ2n) is 4.31. The molecule has 0 N–H and O–H groups in total. The summed E-state index contributed by atoms with van der Waals surface area (Å²) in [5.74, 6) is 0.140. The summed E-state index contributed by atoms with van der Waals surface area (Å²) in [5, 5.41) is 12.4. The molecule has 22 heavy (non-hydrogen) atoms. The molecule has 2 aromatic rings. The van der Waals surface area contributed by atoms with Gasteiger partial charge in [0.05, 0.1) is 9.82 Å². The summed E-state index contributed by atoms with van der Waals surface area (Å²) in [7, 11) is 0. The van der Waals surface area contributed by atoms with Crippen LogP contribution in [0.4, 0.5) is 5.69 Å². The highest BCUT2D eigenvalue weighted by Crippen LogP contribution is 2.30. The van der Waals surface area contributed by atoms with Gasteiger partial charge in [0.25, 0.3) is 5.69 Å². The molecule has 112 valence electrons. The predicted octanol–water partition coefficient (Wildman–Crippen LogP) is 4.28. The highest BCUT2D eigenvalue weighted by Gasteiger charge is 2.05. The van der Waals surface area contributed by atoms with Crippen molar-refractivity contribution in [3.05, 3.63) is 69.6 Å². The number of nitro groups is 1. The first kappa shape index (κ1) is 15.8. The number of carbonyl (C=O) groups excluding carboxylic acids is 1. The van der Waals surface area contributed by atoms with Gasteiger partial charge in [-0.25, -0.2) is 0 Å². The van der Waals surface area contributed by atoms with Crippen LogP contribution in [0, 0.1) is 10.1 Å². The zero-order chi connectivity index (χ0) is 15.9. The molecule has 0 saturated heterocycles. The number of hydrogen-bond acceptors (Lipinski definition) is 5. The Balaban J connectivity index is 2.06. The Bertz CT molecular complexity index is 710. The first-order valence-corrected chi connectivity index (χ1v) is 7.29. The molecule has 2 rings (SSSR count). The maximum Gasteiger partial charge on any atom is 0.308 e. The second-order valence-corrected chi connectivity index (χ2v) is 5.26. The van der Waals surface area contributed by atoms with Crippen molar-refractivity contribution >= 4 is 29.5 Å². The monoisotopic (exact) mass is 315 g/mol. The minimum Gasteiger partial charge on any atom is -0.426 e. The third-order valence-electron chi connectivity index (χ3n) is 2.66. The average Bonchev–Trinajstić information content (AvgIpc) is 2.49. The van der Waals surface area contributed by atoms with Gasteiger partial charge < -0.3 is 4.74 Å². The standard InChI is InChI=1S/C16H13NO4S/c1-12(18)21-15-4-2-3-5-16(15)22-11-10-13-6-8-14(9-7-13)17(19)20/h2-11H,1H3/b11-10-. The lowest BCUT2D eigenvalue weighted by Gasteiger charge is -2.05. The van der Waals surface area contributed by atoms with Crippen molar-refractivity contribution in [2.45, 2.75) is 11.8 Å². The van der Waals surface area contributed by atoms with Gasteiger partial charge in [-0.15, -0.1) is 0 Å². The molecule has 0 atom stereocenters. The van der Waals surface area contributed by atoms with Gasteiger partial charge >= 0.3 is 5.97 Å². The molecule has 0 aliphatic heterocycles. The molecule has 0 aliphatic rings. The van der Waals surface area contributed by atoms with Crippen LogP contribution in [-0.2, 0) is 4.79 Å². The van der Waals surface area contributed by atoms with Gasteiger partial charge in [-0.2, -0.15) is 0 Å². The quantitative estimate of drug-likeness (QED) is 0.271. The number of carbonyl (C=O) groups is 1. The van der Waals surface area contributed by atoms with Crippen LogP contribution in [-0.4, -0.2) is 10.9 Å². The van der Waals surface area contributed by atoms with Crippen LogP contribution < -0.4 is 4.74 Å². The summed E-state index contributed by atoms with van der Waals surface area (Å²) in [6, 6.07) is 13.5. The molecule has 6 heteroatoms. The molecular formula is C16H13NO4S. The Labute approximate surface area is 131 Å². The van der Waals surface area contributed by atoms with Crippen molar-refractivity contribution in [2.24, 2.45) is 0 Å². The lowest BCUT2D eigenvalue weighted by molar-refractivity contribution is -0.384. The number of nitro benzene ring substituents is 1. The normalized spacial score (nSPS) is 10.6. The van der Waals surface area contributed by atoms with Crippen LogP contribution in [0.3, 0.4) is 0 Å². The molecule has 0 aliphatic carbocycles. The number of para-hydroxylation sites is 1. The summed E-state index contributed by atoms with van der Waals surface area (Å²) in [6.45, 7) is 1.36. The molecule has 0 aromatic heterocycles. The van der Waals surface area contributed by atoms with Crippen molar-refractivity contribution in [1.82, 2.24) is 0 Å². The van der Waals surface area contributed by atoms with Crippen LogP contribution in [0.2, 0.25) is 0 Å². The Morgan fingerprint density at radius 2 is 1.86 bits per heavy atom. The smallest absolute Gasteiger partial charge is 0.308 e. The van der Waals surface area contributed by atoms with Crippen molar-refractivity contribution in [2.75, 3.05) is 0 Å². The number of non-ortho nitro benzene ring substituents is 1. The van der Waals surface area contributed by atoms with Gasteiger partial charge in [0.2, 0.25) is 0 Å². The Morgan fingerprint density at radius 1 is 1.18 bits per heavy atom. The largest absolute Gasteiger partial charge is 0.426 e. The molecule has 0 unspecified atom stereocenters. The van der Waals surface area contributed by atoms with E-state index in [1.54, 1.807) is 24.3 Å². The Kier molecular flexibility index (Phi) is 5.32. The van der Waals surface area contributed by atoms with Crippen LogP contribution in [0.25, 0.3) is 6.08 Å². The lowest BCUT2D eigenvalue weighted by Crippen LogP contribution is -2.01. The molecule has 0 radical (unpaired) electrons. The van der Waals surface area contributed by atoms with E-state index in [1.807, 2.05) is 23.6 Å². The lowest BCUT2D eigenvalue weighted by atomic mass is 10.2. The zero-order valence-electron chi connectivity index (χ0n) is 11.8. The summed E-state index contributed by atoms with van der Waals surface area (Å²) >= 11 is 1.40. The van der Waals surface area contributed by atoms with Crippen LogP contribution in [0.5, 0.6) is 5.75 Å². The van der Waals surface area contributed by atoms with Gasteiger partial charge in [0, 0.05) is 19.1 Å².